The summed E-state index contributed by atoms with van der Waals surface area (Å²) >= 11 is 0. The number of hydrogen-bond donors (Lipinski definition) is 1. The van der Waals surface area contributed by atoms with E-state index in [1.54, 1.807) is 0 Å². The number of piperidine rings is 2. The third kappa shape index (κ3) is 6.70. The van der Waals surface area contributed by atoms with E-state index in [2.05, 4.69) is 35.9 Å². The van der Waals surface area contributed by atoms with Crippen LogP contribution in [0.3, 0.4) is 0 Å². The Bertz CT molecular complexity index is 347. The second-order valence-electron chi connectivity index (χ2n) is 7.66. The molecule has 2 rings (SSSR count). The summed E-state index contributed by atoms with van der Waals surface area (Å²) in [6.07, 6.45) is 7.91. The van der Waals surface area contributed by atoms with Crippen molar-refractivity contribution in [2.75, 3.05) is 45.8 Å². The van der Waals surface area contributed by atoms with Crippen LogP contribution in [0.5, 0.6) is 0 Å². The fourth-order valence-corrected chi connectivity index (χ4v) is 3.77. The number of rotatable bonds is 6. The van der Waals surface area contributed by atoms with E-state index in [9.17, 15) is 0 Å². The van der Waals surface area contributed by atoms with Gasteiger partial charge in [-0.2, -0.15) is 0 Å². The van der Waals surface area contributed by atoms with E-state index in [4.69, 9.17) is 4.99 Å². The van der Waals surface area contributed by atoms with Crippen molar-refractivity contribution in [3.63, 3.8) is 0 Å². The molecule has 134 valence electrons. The summed E-state index contributed by atoms with van der Waals surface area (Å²) in [5.41, 5.74) is 0. The van der Waals surface area contributed by atoms with Gasteiger partial charge in [-0.1, -0.05) is 13.8 Å². The van der Waals surface area contributed by atoms with Crippen LogP contribution in [0, 0.1) is 11.8 Å². The van der Waals surface area contributed by atoms with Gasteiger partial charge >= 0.3 is 0 Å². The minimum absolute atomic E-state index is 0.876. The minimum atomic E-state index is 0.876. The maximum Gasteiger partial charge on any atom is 0.193 e. The highest BCUT2D eigenvalue weighted by molar-refractivity contribution is 5.80. The van der Waals surface area contributed by atoms with E-state index in [1.807, 2.05) is 0 Å². The molecule has 23 heavy (non-hydrogen) atoms. The van der Waals surface area contributed by atoms with Crippen LogP contribution < -0.4 is 5.32 Å². The highest BCUT2D eigenvalue weighted by Crippen LogP contribution is 2.17. The number of hydrogen-bond acceptors (Lipinski definition) is 2. The molecule has 2 fully saturated rings. The average Bonchev–Trinajstić information content (AvgIpc) is 2.54. The molecule has 0 saturated carbocycles. The van der Waals surface area contributed by atoms with Crippen molar-refractivity contribution in [2.24, 2.45) is 16.8 Å². The third-order valence-electron chi connectivity index (χ3n) is 5.30. The van der Waals surface area contributed by atoms with Crippen molar-refractivity contribution < 1.29 is 0 Å². The van der Waals surface area contributed by atoms with Crippen LogP contribution in [0.1, 0.15) is 59.3 Å². The number of guanidine groups is 1. The molecule has 0 aromatic carbocycles. The Balaban J connectivity index is 1.66. The zero-order valence-corrected chi connectivity index (χ0v) is 15.7. The maximum absolute atomic E-state index is 4.87. The van der Waals surface area contributed by atoms with E-state index >= 15 is 0 Å². The first-order valence-corrected chi connectivity index (χ1v) is 9.94. The number of nitrogens with one attached hydrogen (secondary N) is 1. The molecular formula is C19H38N4. The number of aliphatic imine (C=N–C) groups is 1. The lowest BCUT2D eigenvalue weighted by atomic mass is 9.99. The fraction of sp³-hybridized carbons (Fsp3) is 0.947. The molecule has 0 bridgehead atoms. The Morgan fingerprint density at radius 2 is 1.83 bits per heavy atom. The van der Waals surface area contributed by atoms with E-state index in [0.717, 1.165) is 30.9 Å². The van der Waals surface area contributed by atoms with Gasteiger partial charge < -0.3 is 15.1 Å². The summed E-state index contributed by atoms with van der Waals surface area (Å²) < 4.78 is 0. The Morgan fingerprint density at radius 1 is 1.04 bits per heavy atom. The normalized spacial score (nSPS) is 24.9. The van der Waals surface area contributed by atoms with Crippen LogP contribution in [0.2, 0.25) is 0 Å². The van der Waals surface area contributed by atoms with Gasteiger partial charge in [0.15, 0.2) is 5.96 Å². The maximum atomic E-state index is 4.87. The Morgan fingerprint density at radius 3 is 2.52 bits per heavy atom. The largest absolute Gasteiger partial charge is 0.357 e. The van der Waals surface area contributed by atoms with E-state index < -0.39 is 0 Å². The number of likely N-dealkylation sites (tertiary alicyclic amines) is 2. The molecule has 0 aromatic rings. The molecule has 0 spiro atoms. The first-order chi connectivity index (χ1) is 11.2. The van der Waals surface area contributed by atoms with Gasteiger partial charge in [-0.05, 0) is 70.4 Å². The standard InChI is InChI=1S/C19H38N4/c1-4-20-19(23-14-9-17(2)10-15-23)21-11-5-6-12-22-13-7-8-18(3)16-22/h17-18H,4-16H2,1-3H3,(H,20,21). The van der Waals surface area contributed by atoms with Gasteiger partial charge in [-0.15, -0.1) is 0 Å². The number of unbranched alkanes of at least 4 members (excludes halogenated alkanes) is 1. The minimum Gasteiger partial charge on any atom is -0.357 e. The van der Waals surface area contributed by atoms with Crippen molar-refractivity contribution in [3.05, 3.63) is 0 Å². The van der Waals surface area contributed by atoms with Gasteiger partial charge in [0.1, 0.15) is 0 Å². The predicted octanol–water partition coefficient (Wildman–Crippen LogP) is 3.20. The van der Waals surface area contributed by atoms with Crippen LogP contribution in [0.4, 0.5) is 0 Å². The van der Waals surface area contributed by atoms with Crippen molar-refractivity contribution in [2.45, 2.75) is 59.3 Å². The van der Waals surface area contributed by atoms with E-state index in [-0.39, 0.29) is 0 Å². The lowest BCUT2D eigenvalue weighted by Gasteiger charge is -2.33. The van der Waals surface area contributed by atoms with Crippen LogP contribution >= 0.6 is 0 Å². The molecule has 0 aliphatic carbocycles. The van der Waals surface area contributed by atoms with Gasteiger partial charge in [0.05, 0.1) is 0 Å². The van der Waals surface area contributed by atoms with Crippen LogP contribution in [-0.2, 0) is 0 Å². The number of nitrogens with zero attached hydrogens (tertiary/aromatic N) is 3. The molecule has 0 radical (unpaired) electrons. The highest BCUT2D eigenvalue weighted by Gasteiger charge is 2.18. The smallest absolute Gasteiger partial charge is 0.193 e. The Hall–Kier alpha value is -0.770. The highest BCUT2D eigenvalue weighted by atomic mass is 15.3. The SMILES string of the molecule is CCNC(=NCCCCN1CCCC(C)C1)N1CCC(C)CC1. The molecule has 1 unspecified atom stereocenters. The average molecular weight is 323 g/mol. The lowest BCUT2D eigenvalue weighted by Crippen LogP contribution is -2.45. The van der Waals surface area contributed by atoms with E-state index in [0.29, 0.717) is 0 Å². The lowest BCUT2D eigenvalue weighted by molar-refractivity contribution is 0.181. The summed E-state index contributed by atoms with van der Waals surface area (Å²) in [5.74, 6) is 2.91. The molecule has 0 aromatic heterocycles. The molecule has 4 nitrogen and oxygen atoms in total. The molecule has 2 heterocycles. The first-order valence-electron chi connectivity index (χ1n) is 9.94. The first kappa shape index (κ1) is 18.6. The predicted molar refractivity (Wildman–Crippen MR) is 100 cm³/mol. The topological polar surface area (TPSA) is 30.9 Å². The monoisotopic (exact) mass is 322 g/mol. The Labute approximate surface area is 143 Å². The van der Waals surface area contributed by atoms with Gasteiger partial charge in [0.2, 0.25) is 0 Å². The molecule has 2 aliphatic rings. The van der Waals surface area contributed by atoms with Gasteiger partial charge in [-0.3, -0.25) is 4.99 Å². The van der Waals surface area contributed by atoms with Crippen molar-refractivity contribution >= 4 is 5.96 Å². The van der Waals surface area contributed by atoms with Gasteiger partial charge in [0, 0.05) is 32.7 Å². The summed E-state index contributed by atoms with van der Waals surface area (Å²) in [6.45, 7) is 15.1. The van der Waals surface area contributed by atoms with Crippen LogP contribution in [-0.4, -0.2) is 61.6 Å². The molecule has 2 aliphatic heterocycles. The van der Waals surface area contributed by atoms with Crippen LogP contribution in [0.25, 0.3) is 0 Å². The summed E-state index contributed by atoms with van der Waals surface area (Å²) in [4.78, 5) is 9.97. The zero-order valence-electron chi connectivity index (χ0n) is 15.7. The second kappa shape index (κ2) is 10.2. The summed E-state index contributed by atoms with van der Waals surface area (Å²) in [5, 5.41) is 3.48. The second-order valence-corrected chi connectivity index (χ2v) is 7.66. The molecule has 1 atom stereocenters. The molecule has 2 saturated heterocycles. The molecular weight excluding hydrogens is 284 g/mol. The quantitative estimate of drug-likeness (QED) is 0.463. The third-order valence-corrected chi connectivity index (χ3v) is 5.30. The molecule has 1 N–H and O–H groups in total. The van der Waals surface area contributed by atoms with Gasteiger partial charge in [0.25, 0.3) is 0 Å². The fourth-order valence-electron chi connectivity index (χ4n) is 3.77. The Kier molecular flexibility index (Phi) is 8.21. The summed E-state index contributed by atoms with van der Waals surface area (Å²) in [6, 6.07) is 0. The van der Waals surface area contributed by atoms with Crippen LogP contribution in [0.15, 0.2) is 4.99 Å². The van der Waals surface area contributed by atoms with Crippen molar-refractivity contribution in [1.82, 2.24) is 15.1 Å². The van der Waals surface area contributed by atoms with Crippen molar-refractivity contribution in [3.8, 4) is 0 Å². The van der Waals surface area contributed by atoms with Crippen molar-refractivity contribution in [1.29, 1.82) is 0 Å². The summed E-state index contributed by atoms with van der Waals surface area (Å²) in [7, 11) is 0. The molecule has 0 amide bonds. The van der Waals surface area contributed by atoms with E-state index in [1.165, 1.54) is 71.2 Å². The zero-order chi connectivity index (χ0) is 16.5. The molecule has 4 heteroatoms. The van der Waals surface area contributed by atoms with Gasteiger partial charge in [-0.25, -0.2) is 0 Å².